The maximum atomic E-state index is 12.3. The van der Waals surface area contributed by atoms with Crippen LogP contribution < -0.4 is 9.50 Å². The maximum Gasteiger partial charge on any atom is 0.488 e. The monoisotopic (exact) mass is 287 g/mol. The highest BCUT2D eigenvalue weighted by Crippen LogP contribution is 2.18. The molecule has 9 heteroatoms. The van der Waals surface area contributed by atoms with Crippen molar-refractivity contribution in [3.05, 3.63) is 18.5 Å². The molecular weight excluding hydrogens is 277 g/mol. The molecule has 1 aromatic heterocycles. The predicted octanol–water partition coefficient (Wildman–Crippen LogP) is 1.16. The number of halogens is 1. The number of hydrogen-bond donors (Lipinski definition) is 1. The molecule has 1 unspecified atom stereocenters. The summed E-state index contributed by atoms with van der Waals surface area (Å²) in [7, 11) is -5.15. The van der Waals surface area contributed by atoms with E-state index < -0.39 is 22.3 Å². The molecule has 0 aromatic carbocycles. The van der Waals surface area contributed by atoms with E-state index in [1.165, 1.54) is 6.20 Å². The van der Waals surface area contributed by atoms with E-state index in [-0.39, 0.29) is 11.4 Å². The van der Waals surface area contributed by atoms with E-state index in [0.717, 1.165) is 12.3 Å². The molecule has 1 rings (SSSR count). The fourth-order valence-electron chi connectivity index (χ4n) is 1.21. The van der Waals surface area contributed by atoms with E-state index in [2.05, 4.69) is 14.5 Å². The number of nitrogens with zero attached hydrogens (tertiary/aromatic N) is 2. The molecule has 0 aliphatic heterocycles. The number of aromatic nitrogens is 1. The lowest BCUT2D eigenvalue weighted by molar-refractivity contribution is -0.118. The second-order valence-corrected chi connectivity index (χ2v) is 4.42. The Morgan fingerprint density at radius 2 is 2.32 bits per heavy atom. The fourth-order valence-corrected chi connectivity index (χ4v) is 1.53. The molecule has 102 valence electrons. The number of pyridine rings is 1. The van der Waals surface area contributed by atoms with Crippen molar-refractivity contribution in [2.75, 3.05) is 5.32 Å². The van der Waals surface area contributed by atoms with Gasteiger partial charge in [-0.15, -0.1) is 0 Å². The minimum atomic E-state index is -5.15. The van der Waals surface area contributed by atoms with E-state index in [1.807, 2.05) is 0 Å². The molecule has 1 N–H and O–H groups in total. The van der Waals surface area contributed by atoms with Crippen molar-refractivity contribution in [2.45, 2.75) is 13.3 Å². The normalized spacial score (nSPS) is 12.3. The summed E-state index contributed by atoms with van der Waals surface area (Å²) in [4.78, 5) is 15.2. The van der Waals surface area contributed by atoms with Crippen LogP contribution in [0.2, 0.25) is 0 Å². The highest BCUT2D eigenvalue weighted by molar-refractivity contribution is 7.81. The van der Waals surface area contributed by atoms with E-state index in [9.17, 15) is 17.1 Å². The number of nitriles is 1. The van der Waals surface area contributed by atoms with Crippen LogP contribution in [0.1, 0.15) is 13.3 Å². The number of nitrogens with one attached hydrogen (secondary N) is 1. The van der Waals surface area contributed by atoms with Gasteiger partial charge in [-0.25, -0.2) is 0 Å². The lowest BCUT2D eigenvalue weighted by atomic mass is 10.1. The molecule has 1 amide bonds. The Kier molecular flexibility index (Phi) is 4.77. The van der Waals surface area contributed by atoms with Crippen molar-refractivity contribution in [3.8, 4) is 11.8 Å². The SMILES string of the molecule is CCC(C#N)C(=O)Nc1cncc(OS(=O)(=O)F)c1. The number of hydrogen-bond acceptors (Lipinski definition) is 6. The molecule has 0 radical (unpaired) electrons. The van der Waals surface area contributed by atoms with Crippen LogP contribution in [0.5, 0.6) is 5.75 Å². The quantitative estimate of drug-likeness (QED) is 0.814. The first-order valence-electron chi connectivity index (χ1n) is 5.15. The van der Waals surface area contributed by atoms with Crippen LogP contribution in [-0.4, -0.2) is 19.3 Å². The first kappa shape index (κ1) is 14.8. The smallest absolute Gasteiger partial charge is 0.357 e. The molecule has 1 heterocycles. The second-order valence-electron chi connectivity index (χ2n) is 3.46. The Hall–Kier alpha value is -2.21. The fraction of sp³-hybridized carbons (Fsp3) is 0.300. The summed E-state index contributed by atoms with van der Waals surface area (Å²) >= 11 is 0. The molecule has 1 aromatic rings. The van der Waals surface area contributed by atoms with Crippen LogP contribution >= 0.6 is 0 Å². The molecular formula is C10H10FN3O4S. The lowest BCUT2D eigenvalue weighted by Crippen LogP contribution is -2.21. The highest BCUT2D eigenvalue weighted by Gasteiger charge is 2.16. The molecule has 7 nitrogen and oxygen atoms in total. The number of carbonyl (C=O) groups is 1. The number of amides is 1. The summed E-state index contributed by atoms with van der Waals surface area (Å²) in [5.41, 5.74) is 0.0971. The van der Waals surface area contributed by atoms with Gasteiger partial charge in [0.05, 0.1) is 24.2 Å². The van der Waals surface area contributed by atoms with Gasteiger partial charge in [0.2, 0.25) is 5.91 Å². The zero-order valence-corrected chi connectivity index (χ0v) is 10.6. The van der Waals surface area contributed by atoms with Gasteiger partial charge in [0.25, 0.3) is 0 Å². The average molecular weight is 287 g/mol. The second kappa shape index (κ2) is 6.10. The Bertz CT molecular complexity index is 611. The molecule has 1 atom stereocenters. The van der Waals surface area contributed by atoms with Crippen LogP contribution in [-0.2, 0) is 15.3 Å². The zero-order chi connectivity index (χ0) is 14.5. The Balaban J connectivity index is 2.84. The van der Waals surface area contributed by atoms with E-state index >= 15 is 0 Å². The third-order valence-corrected chi connectivity index (χ3v) is 2.45. The first-order chi connectivity index (χ1) is 8.85. The van der Waals surface area contributed by atoms with Gasteiger partial charge in [0.15, 0.2) is 5.75 Å². The largest absolute Gasteiger partial charge is 0.488 e. The summed E-state index contributed by atoms with van der Waals surface area (Å²) in [6.45, 7) is 1.67. The van der Waals surface area contributed by atoms with Gasteiger partial charge < -0.3 is 9.50 Å². The van der Waals surface area contributed by atoms with Crippen molar-refractivity contribution in [3.63, 3.8) is 0 Å². The molecule has 0 spiro atoms. The van der Waals surface area contributed by atoms with Crippen molar-refractivity contribution in [1.82, 2.24) is 4.98 Å². The van der Waals surface area contributed by atoms with Crippen LogP contribution in [0.25, 0.3) is 0 Å². The van der Waals surface area contributed by atoms with Gasteiger partial charge in [0.1, 0.15) is 5.92 Å². The van der Waals surface area contributed by atoms with Crippen molar-refractivity contribution in [2.24, 2.45) is 5.92 Å². The Morgan fingerprint density at radius 3 is 2.84 bits per heavy atom. The van der Waals surface area contributed by atoms with E-state index in [4.69, 9.17) is 5.26 Å². The third kappa shape index (κ3) is 4.89. The molecule has 0 aliphatic carbocycles. The molecule has 19 heavy (non-hydrogen) atoms. The molecule has 0 aliphatic rings. The van der Waals surface area contributed by atoms with Gasteiger partial charge in [-0.2, -0.15) is 13.7 Å². The summed E-state index contributed by atoms with van der Waals surface area (Å²) in [6, 6.07) is 2.88. The predicted molar refractivity (Wildman–Crippen MR) is 62.9 cm³/mol. The minimum Gasteiger partial charge on any atom is -0.357 e. The summed E-state index contributed by atoms with van der Waals surface area (Å²) < 4.78 is 36.8. The number of anilines is 1. The van der Waals surface area contributed by atoms with Crippen molar-refractivity contribution < 1.29 is 21.3 Å². The highest BCUT2D eigenvalue weighted by atomic mass is 32.3. The van der Waals surface area contributed by atoms with Gasteiger partial charge in [-0.05, 0) is 6.42 Å². The molecule has 0 saturated heterocycles. The van der Waals surface area contributed by atoms with Crippen molar-refractivity contribution >= 4 is 22.1 Å². The van der Waals surface area contributed by atoms with Gasteiger partial charge in [-0.1, -0.05) is 10.8 Å². The number of rotatable bonds is 5. The summed E-state index contributed by atoms with van der Waals surface area (Å²) in [6.07, 6.45) is 2.50. The average Bonchev–Trinajstić information content (AvgIpc) is 2.28. The van der Waals surface area contributed by atoms with Crippen LogP contribution in [0.4, 0.5) is 9.57 Å². The number of carbonyl (C=O) groups excluding carboxylic acids is 1. The third-order valence-electron chi connectivity index (χ3n) is 2.06. The Morgan fingerprint density at radius 1 is 1.63 bits per heavy atom. The summed E-state index contributed by atoms with van der Waals surface area (Å²) in [5, 5.41) is 11.1. The summed E-state index contributed by atoms with van der Waals surface area (Å²) in [5.74, 6) is -1.79. The van der Waals surface area contributed by atoms with Gasteiger partial charge in [0, 0.05) is 6.07 Å². The van der Waals surface area contributed by atoms with Gasteiger partial charge >= 0.3 is 10.5 Å². The van der Waals surface area contributed by atoms with Crippen molar-refractivity contribution in [1.29, 1.82) is 5.26 Å². The molecule has 0 saturated carbocycles. The molecule has 0 bridgehead atoms. The first-order valence-corrected chi connectivity index (χ1v) is 6.46. The molecule has 0 fully saturated rings. The topological polar surface area (TPSA) is 109 Å². The van der Waals surface area contributed by atoms with Crippen LogP contribution in [0.3, 0.4) is 0 Å². The minimum absolute atomic E-state index is 0.0971. The van der Waals surface area contributed by atoms with E-state index in [1.54, 1.807) is 13.0 Å². The lowest BCUT2D eigenvalue weighted by Gasteiger charge is -2.08. The van der Waals surface area contributed by atoms with Crippen LogP contribution in [0.15, 0.2) is 18.5 Å². The maximum absolute atomic E-state index is 12.3. The van der Waals surface area contributed by atoms with E-state index in [0.29, 0.717) is 6.42 Å². The van der Waals surface area contributed by atoms with Crippen LogP contribution in [0, 0.1) is 17.2 Å². The Labute approximate surface area is 109 Å². The zero-order valence-electron chi connectivity index (χ0n) is 9.83. The standard InChI is InChI=1S/C10H10FN3O4S/c1-2-7(4-12)10(15)14-8-3-9(6-13-5-8)18-19(11,16)17/h3,5-7H,2H2,1H3,(H,14,15). The van der Waals surface area contributed by atoms with Gasteiger partial charge in [-0.3, -0.25) is 9.78 Å².